The Labute approximate surface area is 90.1 Å². The second-order valence-corrected chi connectivity index (χ2v) is 6.31. The second kappa shape index (κ2) is 4.09. The molecule has 1 aliphatic heterocycles. The quantitative estimate of drug-likeness (QED) is 0.771. The summed E-state index contributed by atoms with van der Waals surface area (Å²) in [6.45, 7) is 3.88. The van der Waals surface area contributed by atoms with E-state index in [-0.39, 0.29) is 12.3 Å². The summed E-state index contributed by atoms with van der Waals surface area (Å²) in [5.41, 5.74) is -0.975. The Morgan fingerprint density at radius 3 is 2.47 bits per heavy atom. The molecule has 1 atom stereocenters. The zero-order chi connectivity index (χ0) is 11.7. The van der Waals surface area contributed by atoms with Gasteiger partial charge >= 0.3 is 5.97 Å². The number of carboxylic acids is 1. The van der Waals surface area contributed by atoms with Gasteiger partial charge in [-0.25, -0.2) is 12.7 Å². The number of carbonyl (C=O) groups is 1. The van der Waals surface area contributed by atoms with Crippen LogP contribution in [0.25, 0.3) is 0 Å². The molecule has 1 fully saturated rings. The first-order valence-corrected chi connectivity index (χ1v) is 6.64. The molecule has 0 spiro atoms. The van der Waals surface area contributed by atoms with Crippen molar-refractivity contribution in [2.45, 2.75) is 26.7 Å². The van der Waals surface area contributed by atoms with E-state index in [2.05, 4.69) is 0 Å². The molecule has 5 nitrogen and oxygen atoms in total. The molecular weight excluding hydrogens is 218 g/mol. The number of rotatable bonds is 4. The lowest BCUT2D eigenvalue weighted by Gasteiger charge is -2.27. The van der Waals surface area contributed by atoms with Crippen LogP contribution >= 0.6 is 0 Å². The van der Waals surface area contributed by atoms with Crippen LogP contribution < -0.4 is 0 Å². The SMILES string of the molecule is CCC(C)(CN1CCCS1(=O)=O)C(=O)O. The topological polar surface area (TPSA) is 74.7 Å². The highest BCUT2D eigenvalue weighted by atomic mass is 32.2. The maximum Gasteiger partial charge on any atom is 0.310 e. The number of nitrogens with zero attached hydrogens (tertiary/aromatic N) is 1. The molecule has 0 aromatic rings. The van der Waals surface area contributed by atoms with E-state index in [1.165, 1.54) is 4.31 Å². The molecule has 15 heavy (non-hydrogen) atoms. The number of carboxylic acid groups (broad SMARTS) is 1. The van der Waals surface area contributed by atoms with Gasteiger partial charge in [-0.3, -0.25) is 4.79 Å². The van der Waals surface area contributed by atoms with E-state index >= 15 is 0 Å². The normalized spacial score (nSPS) is 24.9. The number of hydrogen-bond acceptors (Lipinski definition) is 3. The molecule has 0 radical (unpaired) electrons. The van der Waals surface area contributed by atoms with Crippen LogP contribution in [0.1, 0.15) is 26.7 Å². The van der Waals surface area contributed by atoms with Crippen molar-refractivity contribution < 1.29 is 18.3 Å². The van der Waals surface area contributed by atoms with Crippen LogP contribution in [-0.4, -0.2) is 42.6 Å². The van der Waals surface area contributed by atoms with E-state index in [0.717, 1.165) is 0 Å². The molecule has 0 aliphatic carbocycles. The van der Waals surface area contributed by atoms with Gasteiger partial charge in [0.05, 0.1) is 11.2 Å². The molecule has 0 aromatic heterocycles. The van der Waals surface area contributed by atoms with Gasteiger partial charge in [0.2, 0.25) is 10.0 Å². The van der Waals surface area contributed by atoms with Gasteiger partial charge in [-0.2, -0.15) is 0 Å². The standard InChI is InChI=1S/C9H17NO4S/c1-3-9(2,8(11)12)7-10-5-4-6-15(10,13)14/h3-7H2,1-2H3,(H,11,12). The number of hydrogen-bond donors (Lipinski definition) is 1. The first kappa shape index (κ1) is 12.4. The zero-order valence-corrected chi connectivity index (χ0v) is 9.88. The van der Waals surface area contributed by atoms with Crippen LogP contribution in [0.15, 0.2) is 0 Å². The molecule has 1 rings (SSSR count). The highest BCUT2D eigenvalue weighted by Gasteiger charge is 2.39. The second-order valence-electron chi connectivity index (χ2n) is 4.22. The van der Waals surface area contributed by atoms with Gasteiger partial charge < -0.3 is 5.11 Å². The van der Waals surface area contributed by atoms with E-state index in [9.17, 15) is 13.2 Å². The summed E-state index contributed by atoms with van der Waals surface area (Å²) in [7, 11) is -3.19. The lowest BCUT2D eigenvalue weighted by atomic mass is 9.88. The van der Waals surface area contributed by atoms with Crippen LogP contribution in [-0.2, 0) is 14.8 Å². The summed E-state index contributed by atoms with van der Waals surface area (Å²) in [6, 6.07) is 0. The van der Waals surface area contributed by atoms with Gasteiger partial charge in [-0.05, 0) is 19.8 Å². The lowest BCUT2D eigenvalue weighted by molar-refractivity contribution is -0.148. The molecule has 88 valence electrons. The zero-order valence-electron chi connectivity index (χ0n) is 9.06. The Morgan fingerprint density at radius 1 is 1.53 bits per heavy atom. The summed E-state index contributed by atoms with van der Waals surface area (Å²) in [5.74, 6) is -0.793. The molecule has 1 heterocycles. The molecule has 0 bridgehead atoms. The molecule has 1 unspecified atom stereocenters. The summed E-state index contributed by atoms with van der Waals surface area (Å²) in [5, 5.41) is 9.04. The van der Waals surface area contributed by atoms with Gasteiger partial charge in [0.1, 0.15) is 0 Å². The van der Waals surface area contributed by atoms with Crippen LogP contribution in [0.5, 0.6) is 0 Å². The monoisotopic (exact) mass is 235 g/mol. The molecule has 6 heteroatoms. The summed E-state index contributed by atoms with van der Waals surface area (Å²) in [4.78, 5) is 11.0. The predicted octanol–water partition coefficient (Wildman–Crippen LogP) is 0.523. The van der Waals surface area contributed by atoms with E-state index in [1.54, 1.807) is 13.8 Å². The third-order valence-corrected chi connectivity index (χ3v) is 4.93. The molecule has 0 amide bonds. The van der Waals surface area contributed by atoms with Crippen LogP contribution in [0.2, 0.25) is 0 Å². The van der Waals surface area contributed by atoms with Crippen LogP contribution in [0.4, 0.5) is 0 Å². The lowest BCUT2D eigenvalue weighted by Crippen LogP contribution is -2.41. The average Bonchev–Trinajstić information content (AvgIpc) is 2.45. The molecule has 0 aromatic carbocycles. The third kappa shape index (κ3) is 2.49. The maximum atomic E-state index is 11.5. The van der Waals surface area contributed by atoms with E-state index in [4.69, 9.17) is 5.11 Å². The van der Waals surface area contributed by atoms with Crippen LogP contribution in [0.3, 0.4) is 0 Å². The highest BCUT2D eigenvalue weighted by molar-refractivity contribution is 7.89. The van der Waals surface area contributed by atoms with Crippen molar-refractivity contribution in [1.82, 2.24) is 4.31 Å². The Balaban J connectivity index is 2.81. The molecule has 0 saturated carbocycles. The number of sulfonamides is 1. The number of aliphatic carboxylic acids is 1. The summed E-state index contributed by atoms with van der Waals surface area (Å²) >= 11 is 0. The van der Waals surface area contributed by atoms with Crippen molar-refractivity contribution in [2.75, 3.05) is 18.8 Å². The van der Waals surface area contributed by atoms with Gasteiger partial charge in [-0.15, -0.1) is 0 Å². The van der Waals surface area contributed by atoms with Crippen molar-refractivity contribution >= 4 is 16.0 Å². The fraction of sp³-hybridized carbons (Fsp3) is 0.889. The van der Waals surface area contributed by atoms with Gasteiger partial charge in [0.25, 0.3) is 0 Å². The van der Waals surface area contributed by atoms with Gasteiger partial charge in [0.15, 0.2) is 0 Å². The highest BCUT2D eigenvalue weighted by Crippen LogP contribution is 2.26. The molecule has 1 N–H and O–H groups in total. The minimum absolute atomic E-state index is 0.0845. The van der Waals surface area contributed by atoms with Crippen molar-refractivity contribution in [2.24, 2.45) is 5.41 Å². The average molecular weight is 235 g/mol. The summed E-state index contributed by atoms with van der Waals surface area (Å²) < 4.78 is 24.3. The first-order valence-electron chi connectivity index (χ1n) is 5.03. The molecule has 1 saturated heterocycles. The first-order chi connectivity index (χ1) is 6.82. The molecule has 1 aliphatic rings. The van der Waals surface area contributed by atoms with E-state index in [0.29, 0.717) is 19.4 Å². The Morgan fingerprint density at radius 2 is 2.13 bits per heavy atom. The van der Waals surface area contributed by atoms with Crippen molar-refractivity contribution in [3.63, 3.8) is 0 Å². The van der Waals surface area contributed by atoms with Crippen molar-refractivity contribution in [3.05, 3.63) is 0 Å². The summed E-state index contributed by atoms with van der Waals surface area (Å²) in [6.07, 6.45) is 1.02. The van der Waals surface area contributed by atoms with Crippen molar-refractivity contribution in [1.29, 1.82) is 0 Å². The predicted molar refractivity (Wildman–Crippen MR) is 56.0 cm³/mol. The fourth-order valence-electron chi connectivity index (χ4n) is 1.59. The third-order valence-electron chi connectivity index (χ3n) is 3.03. The Kier molecular flexibility index (Phi) is 3.40. The Bertz CT molecular complexity index is 351. The largest absolute Gasteiger partial charge is 0.481 e. The molecular formula is C9H17NO4S. The minimum atomic E-state index is -3.19. The van der Waals surface area contributed by atoms with Gasteiger partial charge in [0, 0.05) is 13.1 Å². The van der Waals surface area contributed by atoms with E-state index < -0.39 is 21.4 Å². The van der Waals surface area contributed by atoms with E-state index in [1.807, 2.05) is 0 Å². The minimum Gasteiger partial charge on any atom is -0.481 e. The smallest absolute Gasteiger partial charge is 0.310 e. The maximum absolute atomic E-state index is 11.5. The van der Waals surface area contributed by atoms with Crippen LogP contribution in [0, 0.1) is 5.41 Å². The Hall–Kier alpha value is -0.620. The van der Waals surface area contributed by atoms with Crippen molar-refractivity contribution in [3.8, 4) is 0 Å². The fourth-order valence-corrected chi connectivity index (χ4v) is 3.23. The van der Waals surface area contributed by atoms with Gasteiger partial charge in [-0.1, -0.05) is 6.92 Å².